The Kier molecular flexibility index (Phi) is 3.84. The molecule has 2 unspecified atom stereocenters. The number of aliphatic carboxylic acids is 1. The fourth-order valence-electron chi connectivity index (χ4n) is 3.43. The molecule has 0 spiro atoms. The Morgan fingerprint density at radius 1 is 1.20 bits per heavy atom. The van der Waals surface area contributed by atoms with Crippen molar-refractivity contribution in [2.24, 2.45) is 23.2 Å². The smallest absolute Gasteiger partial charge is 0.307 e. The highest BCUT2D eigenvalue weighted by atomic mass is 16.4. The number of hydrogen-bond acceptors (Lipinski definition) is 3. The van der Waals surface area contributed by atoms with Gasteiger partial charge in [-0.15, -0.1) is 0 Å². The van der Waals surface area contributed by atoms with Crippen LogP contribution in [0.5, 0.6) is 0 Å². The lowest BCUT2D eigenvalue weighted by molar-refractivity contribution is -0.140. The average Bonchev–Trinajstić information content (AvgIpc) is 2.94. The normalized spacial score (nSPS) is 39.1. The quantitative estimate of drug-likeness (QED) is 0.728. The largest absolute Gasteiger partial charge is 0.481 e. The molecule has 2 aliphatic rings. The van der Waals surface area contributed by atoms with Crippen molar-refractivity contribution in [1.82, 2.24) is 5.32 Å². The van der Waals surface area contributed by atoms with Crippen LogP contribution < -0.4 is 5.32 Å². The molecule has 2 saturated carbocycles. The first-order chi connectivity index (χ1) is 9.17. The lowest BCUT2D eigenvalue weighted by Crippen LogP contribution is -2.46. The first-order valence-electron chi connectivity index (χ1n) is 7.40. The van der Waals surface area contributed by atoms with E-state index in [4.69, 9.17) is 5.11 Å². The maximum atomic E-state index is 12.1. The van der Waals surface area contributed by atoms with Crippen molar-refractivity contribution < 1.29 is 19.8 Å². The topological polar surface area (TPSA) is 86.6 Å². The first kappa shape index (κ1) is 15.3. The van der Waals surface area contributed by atoms with Gasteiger partial charge in [0.25, 0.3) is 0 Å². The van der Waals surface area contributed by atoms with E-state index in [9.17, 15) is 14.7 Å². The van der Waals surface area contributed by atoms with Gasteiger partial charge in [-0.2, -0.15) is 0 Å². The molecule has 5 heteroatoms. The molecule has 2 fully saturated rings. The summed E-state index contributed by atoms with van der Waals surface area (Å²) in [6.07, 6.45) is 3.34. The molecule has 0 heterocycles. The van der Waals surface area contributed by atoms with Gasteiger partial charge in [0.15, 0.2) is 0 Å². The molecular weight excluding hydrogens is 258 g/mol. The van der Waals surface area contributed by atoms with Gasteiger partial charge in [0.2, 0.25) is 5.91 Å². The van der Waals surface area contributed by atoms with Crippen molar-refractivity contribution in [2.75, 3.05) is 6.54 Å². The van der Waals surface area contributed by atoms with Crippen molar-refractivity contribution >= 4 is 11.9 Å². The van der Waals surface area contributed by atoms with E-state index in [1.807, 2.05) is 0 Å². The summed E-state index contributed by atoms with van der Waals surface area (Å²) < 4.78 is 0. The van der Waals surface area contributed by atoms with Crippen LogP contribution in [0.15, 0.2) is 0 Å². The van der Waals surface area contributed by atoms with Crippen molar-refractivity contribution in [1.29, 1.82) is 0 Å². The molecule has 0 aromatic heterocycles. The number of hydrogen-bond donors (Lipinski definition) is 3. The van der Waals surface area contributed by atoms with E-state index in [2.05, 4.69) is 12.2 Å². The summed E-state index contributed by atoms with van der Waals surface area (Å²) in [7, 11) is 0. The number of rotatable bonds is 4. The third kappa shape index (κ3) is 2.82. The molecule has 0 aromatic carbocycles. The van der Waals surface area contributed by atoms with E-state index in [1.54, 1.807) is 13.8 Å². The van der Waals surface area contributed by atoms with Crippen molar-refractivity contribution in [2.45, 2.75) is 52.1 Å². The molecule has 2 rings (SSSR count). The molecule has 1 amide bonds. The van der Waals surface area contributed by atoms with Gasteiger partial charge in [0.05, 0.1) is 17.4 Å². The Balaban J connectivity index is 1.86. The molecule has 2 aliphatic carbocycles. The van der Waals surface area contributed by atoms with Gasteiger partial charge in [0, 0.05) is 6.54 Å². The van der Waals surface area contributed by atoms with E-state index in [0.29, 0.717) is 18.8 Å². The minimum Gasteiger partial charge on any atom is -0.481 e. The average molecular weight is 283 g/mol. The summed E-state index contributed by atoms with van der Waals surface area (Å²) in [6, 6.07) is 0. The van der Waals surface area contributed by atoms with Crippen LogP contribution in [0.3, 0.4) is 0 Å². The molecule has 3 N–H and O–H groups in total. The van der Waals surface area contributed by atoms with Gasteiger partial charge in [-0.05, 0) is 37.0 Å². The summed E-state index contributed by atoms with van der Waals surface area (Å²) in [5.41, 5.74) is -1.31. The monoisotopic (exact) mass is 283 g/mol. The fourth-order valence-corrected chi connectivity index (χ4v) is 3.43. The van der Waals surface area contributed by atoms with Gasteiger partial charge in [-0.3, -0.25) is 9.59 Å². The lowest BCUT2D eigenvalue weighted by atomic mass is 9.79. The predicted octanol–water partition coefficient (Wildman–Crippen LogP) is 1.40. The number of aliphatic hydroxyl groups is 1. The summed E-state index contributed by atoms with van der Waals surface area (Å²) in [5.74, 6) is -1.62. The first-order valence-corrected chi connectivity index (χ1v) is 7.40. The second-order valence-corrected chi connectivity index (χ2v) is 7.24. The van der Waals surface area contributed by atoms with Crippen LogP contribution in [0.4, 0.5) is 0 Å². The number of amides is 1. The molecule has 5 nitrogen and oxygen atoms in total. The van der Waals surface area contributed by atoms with Crippen LogP contribution in [0.1, 0.15) is 46.5 Å². The Morgan fingerprint density at radius 2 is 1.75 bits per heavy atom. The Morgan fingerprint density at radius 3 is 2.20 bits per heavy atom. The van der Waals surface area contributed by atoms with Crippen LogP contribution in [-0.4, -0.2) is 34.2 Å². The Hall–Kier alpha value is -1.10. The minimum atomic E-state index is -0.916. The summed E-state index contributed by atoms with van der Waals surface area (Å²) >= 11 is 0. The van der Waals surface area contributed by atoms with E-state index in [1.165, 1.54) is 0 Å². The summed E-state index contributed by atoms with van der Waals surface area (Å²) in [6.45, 7) is 6.00. The van der Waals surface area contributed by atoms with Gasteiger partial charge in [0.1, 0.15) is 0 Å². The fraction of sp³-hybridized carbons (Fsp3) is 0.867. The Bertz CT molecular complexity index is 410. The van der Waals surface area contributed by atoms with Crippen molar-refractivity contribution in [3.63, 3.8) is 0 Å². The van der Waals surface area contributed by atoms with E-state index < -0.39 is 28.8 Å². The molecule has 0 radical (unpaired) electrons. The lowest BCUT2D eigenvalue weighted by Gasteiger charge is -2.35. The molecular formula is C15H25NO4. The highest BCUT2D eigenvalue weighted by Gasteiger charge is 2.65. The van der Waals surface area contributed by atoms with E-state index in [-0.39, 0.29) is 12.5 Å². The second-order valence-electron chi connectivity index (χ2n) is 7.24. The third-order valence-corrected chi connectivity index (χ3v) is 5.17. The molecule has 2 atom stereocenters. The number of nitrogens with one attached hydrogen (secondary N) is 1. The van der Waals surface area contributed by atoms with Crippen LogP contribution in [0.25, 0.3) is 0 Å². The van der Waals surface area contributed by atoms with Gasteiger partial charge >= 0.3 is 5.97 Å². The third-order valence-electron chi connectivity index (χ3n) is 5.17. The second kappa shape index (κ2) is 5.02. The van der Waals surface area contributed by atoms with E-state index in [0.717, 1.165) is 12.8 Å². The molecule has 0 bridgehead atoms. The predicted molar refractivity (Wildman–Crippen MR) is 74.0 cm³/mol. The zero-order valence-electron chi connectivity index (χ0n) is 12.5. The maximum Gasteiger partial charge on any atom is 0.307 e. The molecule has 0 aliphatic heterocycles. The molecule has 0 aromatic rings. The summed E-state index contributed by atoms with van der Waals surface area (Å²) in [4.78, 5) is 23.2. The van der Waals surface area contributed by atoms with Gasteiger partial charge < -0.3 is 15.5 Å². The van der Waals surface area contributed by atoms with Gasteiger partial charge in [-0.1, -0.05) is 20.8 Å². The van der Waals surface area contributed by atoms with Crippen LogP contribution in [0.2, 0.25) is 0 Å². The number of carboxylic acid groups (broad SMARTS) is 1. The summed E-state index contributed by atoms with van der Waals surface area (Å²) in [5, 5.41) is 22.2. The standard InChI is InChI=1S/C15H25NO4/c1-9-4-6-15(20,7-5-9)8-16-12(17)10-11(13(18)19)14(10,2)3/h9-11,20H,4-8H2,1-3H3,(H,16,17)(H,18,19). The Labute approximate surface area is 119 Å². The highest BCUT2D eigenvalue weighted by Crippen LogP contribution is 2.58. The molecule has 114 valence electrons. The van der Waals surface area contributed by atoms with Crippen molar-refractivity contribution in [3.05, 3.63) is 0 Å². The van der Waals surface area contributed by atoms with Gasteiger partial charge in [-0.25, -0.2) is 0 Å². The molecule has 0 saturated heterocycles. The molecule has 20 heavy (non-hydrogen) atoms. The maximum absolute atomic E-state index is 12.1. The number of carbonyl (C=O) groups is 2. The van der Waals surface area contributed by atoms with Crippen LogP contribution in [0, 0.1) is 23.2 Å². The zero-order valence-corrected chi connectivity index (χ0v) is 12.5. The minimum absolute atomic E-state index is 0.234. The SMILES string of the molecule is CC1CCC(O)(CNC(=O)C2C(C(=O)O)C2(C)C)CC1. The number of carbonyl (C=O) groups excluding carboxylic acids is 1. The van der Waals surface area contributed by atoms with E-state index >= 15 is 0 Å². The highest BCUT2D eigenvalue weighted by molar-refractivity contribution is 5.91. The van der Waals surface area contributed by atoms with Crippen LogP contribution >= 0.6 is 0 Å². The van der Waals surface area contributed by atoms with Crippen LogP contribution in [-0.2, 0) is 9.59 Å². The van der Waals surface area contributed by atoms with Crippen molar-refractivity contribution in [3.8, 4) is 0 Å². The zero-order chi connectivity index (χ0) is 15.1. The number of carboxylic acids is 1.